The first-order chi connectivity index (χ1) is 7.89. The van der Waals surface area contributed by atoms with Gasteiger partial charge in [-0.15, -0.1) is 0 Å². The maximum atomic E-state index is 12.7. The van der Waals surface area contributed by atoms with Crippen molar-refractivity contribution in [3.8, 4) is 16.9 Å². The lowest BCUT2D eigenvalue weighted by Gasteiger charge is -2.08. The predicted octanol–water partition coefficient (Wildman–Crippen LogP) is 4.79. The fourth-order valence-electron chi connectivity index (χ4n) is 1.42. The Hall–Kier alpha value is -1.20. The normalized spacial score (nSPS) is 11.8. The molecule has 0 aliphatic carbocycles. The number of halogens is 4. The molecule has 1 N–H and O–H groups in total. The summed E-state index contributed by atoms with van der Waals surface area (Å²) in [6, 6.07) is 4.03. The Morgan fingerprint density at radius 2 is 1.88 bits per heavy atom. The van der Waals surface area contributed by atoms with Gasteiger partial charge in [-0.1, -0.05) is 17.7 Å². The molecule has 0 fully saturated rings. The second-order valence-electron chi connectivity index (χ2n) is 3.36. The van der Waals surface area contributed by atoms with E-state index in [1.54, 1.807) is 0 Å². The van der Waals surface area contributed by atoms with Crippen molar-refractivity contribution < 1.29 is 18.3 Å². The second kappa shape index (κ2) is 4.23. The predicted molar refractivity (Wildman–Crippen MR) is 61.4 cm³/mol. The van der Waals surface area contributed by atoms with Gasteiger partial charge in [0, 0.05) is 10.9 Å². The van der Waals surface area contributed by atoms with E-state index in [1.165, 1.54) is 23.6 Å². The summed E-state index contributed by atoms with van der Waals surface area (Å²) in [6.45, 7) is 0. The third-order valence-corrected chi connectivity index (χ3v) is 3.29. The number of rotatable bonds is 1. The molecule has 1 aromatic carbocycles. The Bertz CT molecular complexity index is 548. The number of alkyl halides is 3. The lowest BCUT2D eigenvalue weighted by Crippen LogP contribution is -2.04. The highest BCUT2D eigenvalue weighted by Gasteiger charge is 2.34. The molecule has 0 saturated heterocycles. The summed E-state index contributed by atoms with van der Waals surface area (Å²) >= 11 is 6.57. The molecule has 0 saturated carbocycles. The molecule has 1 aromatic heterocycles. The van der Waals surface area contributed by atoms with Crippen molar-refractivity contribution in [3.05, 3.63) is 39.5 Å². The molecule has 0 atom stereocenters. The molecule has 0 radical (unpaired) electrons. The van der Waals surface area contributed by atoms with Crippen molar-refractivity contribution in [2.75, 3.05) is 0 Å². The van der Waals surface area contributed by atoms with Crippen LogP contribution in [0.1, 0.15) is 5.56 Å². The van der Waals surface area contributed by atoms with E-state index in [0.29, 0.717) is 5.56 Å². The first-order valence-corrected chi connectivity index (χ1v) is 5.84. The van der Waals surface area contributed by atoms with Gasteiger partial charge in [0.15, 0.2) is 0 Å². The first-order valence-electron chi connectivity index (χ1n) is 4.52. The number of aromatic hydroxyl groups is 1. The Labute approximate surface area is 104 Å². The summed E-state index contributed by atoms with van der Waals surface area (Å²) in [7, 11) is 0. The lowest BCUT2D eigenvalue weighted by atomic mass is 10.0. The maximum Gasteiger partial charge on any atom is 0.417 e. The highest BCUT2D eigenvalue weighted by Crippen LogP contribution is 2.40. The third kappa shape index (κ3) is 2.40. The van der Waals surface area contributed by atoms with Crippen LogP contribution in [0.15, 0.2) is 29.0 Å². The largest absolute Gasteiger partial charge is 0.506 e. The average molecular weight is 279 g/mol. The van der Waals surface area contributed by atoms with Crippen molar-refractivity contribution in [2.45, 2.75) is 6.18 Å². The van der Waals surface area contributed by atoms with E-state index in [9.17, 15) is 18.3 Å². The van der Waals surface area contributed by atoms with E-state index in [2.05, 4.69) is 0 Å². The number of hydrogen-bond donors (Lipinski definition) is 1. The van der Waals surface area contributed by atoms with E-state index in [4.69, 9.17) is 11.6 Å². The minimum Gasteiger partial charge on any atom is -0.506 e. The molecular weight excluding hydrogens is 273 g/mol. The van der Waals surface area contributed by atoms with E-state index in [-0.39, 0.29) is 16.3 Å². The zero-order valence-electron chi connectivity index (χ0n) is 8.25. The second-order valence-corrected chi connectivity index (χ2v) is 4.51. The summed E-state index contributed by atoms with van der Waals surface area (Å²) in [4.78, 5) is 0. The Kier molecular flexibility index (Phi) is 3.05. The quantitative estimate of drug-likeness (QED) is 0.795. The smallest absolute Gasteiger partial charge is 0.417 e. The molecule has 17 heavy (non-hydrogen) atoms. The summed E-state index contributed by atoms with van der Waals surface area (Å²) in [5, 5.41) is 11.9. The molecule has 0 aliphatic heterocycles. The first kappa shape index (κ1) is 12.3. The minimum absolute atomic E-state index is 0.0504. The van der Waals surface area contributed by atoms with Crippen LogP contribution >= 0.6 is 22.9 Å². The van der Waals surface area contributed by atoms with Crippen molar-refractivity contribution in [2.24, 2.45) is 0 Å². The summed E-state index contributed by atoms with van der Waals surface area (Å²) < 4.78 is 38.0. The van der Waals surface area contributed by atoms with Crippen molar-refractivity contribution in [3.63, 3.8) is 0 Å². The van der Waals surface area contributed by atoms with Crippen LogP contribution in [0.3, 0.4) is 0 Å². The fraction of sp³-hybridized carbons (Fsp3) is 0.0909. The maximum absolute atomic E-state index is 12.7. The lowest BCUT2D eigenvalue weighted by molar-refractivity contribution is -0.136. The zero-order valence-corrected chi connectivity index (χ0v) is 9.83. The van der Waals surface area contributed by atoms with Gasteiger partial charge in [-0.3, -0.25) is 0 Å². The standard InChI is InChI=1S/C11H6ClF3OS/c12-9-2-1-6(3-10(9)16)7-4-17-5-8(7)11(13,14)15/h1-5,16H. The van der Waals surface area contributed by atoms with Gasteiger partial charge in [-0.2, -0.15) is 24.5 Å². The van der Waals surface area contributed by atoms with E-state index in [0.717, 1.165) is 16.7 Å². The SMILES string of the molecule is Oc1cc(-c2cscc2C(F)(F)F)ccc1Cl. The number of thiophene rings is 1. The van der Waals surface area contributed by atoms with Crippen LogP contribution in [-0.2, 0) is 6.18 Å². The van der Waals surface area contributed by atoms with Gasteiger partial charge in [0.1, 0.15) is 5.75 Å². The van der Waals surface area contributed by atoms with Crippen LogP contribution in [0, 0.1) is 0 Å². The van der Waals surface area contributed by atoms with Gasteiger partial charge in [0.25, 0.3) is 0 Å². The average Bonchev–Trinajstić information content (AvgIpc) is 2.70. The number of hydrogen-bond acceptors (Lipinski definition) is 2. The van der Waals surface area contributed by atoms with Crippen LogP contribution in [0.2, 0.25) is 5.02 Å². The molecule has 90 valence electrons. The number of benzene rings is 1. The van der Waals surface area contributed by atoms with E-state index < -0.39 is 11.7 Å². The highest BCUT2D eigenvalue weighted by atomic mass is 35.5. The fourth-order valence-corrected chi connectivity index (χ4v) is 2.40. The van der Waals surface area contributed by atoms with Crippen molar-refractivity contribution >= 4 is 22.9 Å². The molecule has 6 heteroatoms. The monoisotopic (exact) mass is 278 g/mol. The van der Waals surface area contributed by atoms with Gasteiger partial charge in [0.05, 0.1) is 10.6 Å². The molecule has 0 unspecified atom stereocenters. The highest BCUT2D eigenvalue weighted by molar-refractivity contribution is 7.08. The van der Waals surface area contributed by atoms with Crippen LogP contribution in [0.4, 0.5) is 13.2 Å². The molecular formula is C11H6ClF3OS. The Morgan fingerprint density at radius 1 is 1.18 bits per heavy atom. The van der Waals surface area contributed by atoms with Gasteiger partial charge in [-0.05, 0) is 23.1 Å². The Morgan fingerprint density at radius 3 is 2.47 bits per heavy atom. The van der Waals surface area contributed by atoms with Gasteiger partial charge in [0.2, 0.25) is 0 Å². The molecule has 0 spiro atoms. The molecule has 2 aromatic rings. The van der Waals surface area contributed by atoms with Crippen LogP contribution in [0.5, 0.6) is 5.75 Å². The summed E-state index contributed by atoms with van der Waals surface area (Å²) in [5.74, 6) is -0.233. The van der Waals surface area contributed by atoms with Crippen molar-refractivity contribution in [1.29, 1.82) is 0 Å². The van der Waals surface area contributed by atoms with Crippen LogP contribution < -0.4 is 0 Å². The molecule has 0 amide bonds. The molecule has 2 rings (SSSR count). The van der Waals surface area contributed by atoms with Crippen molar-refractivity contribution in [1.82, 2.24) is 0 Å². The third-order valence-electron chi connectivity index (χ3n) is 2.22. The molecule has 0 bridgehead atoms. The molecule has 1 nitrogen and oxygen atoms in total. The van der Waals surface area contributed by atoms with E-state index in [1.807, 2.05) is 0 Å². The topological polar surface area (TPSA) is 20.2 Å². The Balaban J connectivity index is 2.54. The van der Waals surface area contributed by atoms with Gasteiger partial charge in [-0.25, -0.2) is 0 Å². The summed E-state index contributed by atoms with van der Waals surface area (Å²) in [5.41, 5.74) is -0.362. The summed E-state index contributed by atoms with van der Waals surface area (Å²) in [6.07, 6.45) is -4.40. The molecule has 0 aliphatic rings. The number of phenolic OH excluding ortho intramolecular Hbond substituents is 1. The minimum atomic E-state index is -4.40. The zero-order chi connectivity index (χ0) is 12.6. The van der Waals surface area contributed by atoms with E-state index >= 15 is 0 Å². The van der Waals surface area contributed by atoms with Gasteiger partial charge < -0.3 is 5.11 Å². The van der Waals surface area contributed by atoms with Crippen LogP contribution in [0.25, 0.3) is 11.1 Å². The molecule has 1 heterocycles. The van der Waals surface area contributed by atoms with Crippen LogP contribution in [-0.4, -0.2) is 5.11 Å². The number of phenols is 1. The van der Waals surface area contributed by atoms with Gasteiger partial charge >= 0.3 is 6.18 Å².